The summed E-state index contributed by atoms with van der Waals surface area (Å²) in [6, 6.07) is 3.47. The van der Waals surface area contributed by atoms with Crippen molar-refractivity contribution in [3.63, 3.8) is 0 Å². The van der Waals surface area contributed by atoms with Gasteiger partial charge in [-0.05, 0) is 13.0 Å². The average Bonchev–Trinajstić information content (AvgIpc) is 2.62. The fraction of sp³-hybridized carbons (Fsp3) is 0.400. The van der Waals surface area contributed by atoms with Crippen molar-refractivity contribution in [1.82, 2.24) is 0 Å². The van der Waals surface area contributed by atoms with Crippen LogP contribution >= 0.6 is 0 Å². The molecule has 4 nitrogen and oxygen atoms in total. The van der Waals surface area contributed by atoms with Gasteiger partial charge in [-0.1, -0.05) is 0 Å². The zero-order valence-corrected chi connectivity index (χ0v) is 8.11. The van der Waals surface area contributed by atoms with Crippen molar-refractivity contribution in [2.45, 2.75) is 13.0 Å². The lowest BCUT2D eigenvalue weighted by atomic mass is 10.1. The third-order valence-electron chi connectivity index (χ3n) is 2.18. The maximum Gasteiger partial charge on any atom is 0.231 e. The van der Waals surface area contributed by atoms with Crippen molar-refractivity contribution in [2.24, 2.45) is 0 Å². The summed E-state index contributed by atoms with van der Waals surface area (Å²) in [6.45, 7) is 1.90. The van der Waals surface area contributed by atoms with Gasteiger partial charge in [0.2, 0.25) is 6.79 Å². The molecule has 1 heterocycles. The monoisotopic (exact) mass is 196 g/mol. The van der Waals surface area contributed by atoms with Crippen LogP contribution in [0.15, 0.2) is 12.1 Å². The SMILES string of the molecule is COc1cc2c(cc1C(C)O)OCO2. The molecule has 0 saturated carbocycles. The molecule has 1 aliphatic rings. The summed E-state index contributed by atoms with van der Waals surface area (Å²) in [7, 11) is 1.56. The van der Waals surface area contributed by atoms with Gasteiger partial charge in [0.25, 0.3) is 0 Å². The quantitative estimate of drug-likeness (QED) is 0.778. The van der Waals surface area contributed by atoms with E-state index in [1.165, 1.54) is 0 Å². The van der Waals surface area contributed by atoms with Gasteiger partial charge in [-0.15, -0.1) is 0 Å². The van der Waals surface area contributed by atoms with Crippen molar-refractivity contribution in [3.8, 4) is 17.2 Å². The predicted molar refractivity (Wildman–Crippen MR) is 49.8 cm³/mol. The zero-order valence-electron chi connectivity index (χ0n) is 8.11. The molecule has 1 aromatic carbocycles. The Hall–Kier alpha value is -1.42. The lowest BCUT2D eigenvalue weighted by Gasteiger charge is -2.11. The van der Waals surface area contributed by atoms with Crippen molar-refractivity contribution < 1.29 is 19.3 Å². The summed E-state index contributed by atoms with van der Waals surface area (Å²) in [6.07, 6.45) is -0.584. The Labute approximate surface area is 82.0 Å². The second-order valence-corrected chi connectivity index (χ2v) is 3.12. The Morgan fingerprint density at radius 1 is 1.36 bits per heavy atom. The van der Waals surface area contributed by atoms with Crippen molar-refractivity contribution in [3.05, 3.63) is 17.7 Å². The van der Waals surface area contributed by atoms with Crippen LogP contribution in [0.25, 0.3) is 0 Å². The molecule has 0 spiro atoms. The molecular formula is C10H12O4. The van der Waals surface area contributed by atoms with E-state index >= 15 is 0 Å². The largest absolute Gasteiger partial charge is 0.496 e. The van der Waals surface area contributed by atoms with Crippen LogP contribution in [-0.4, -0.2) is 19.0 Å². The van der Waals surface area contributed by atoms with E-state index in [-0.39, 0.29) is 6.79 Å². The van der Waals surface area contributed by atoms with E-state index in [9.17, 15) is 5.11 Å². The first kappa shape index (κ1) is 9.15. The summed E-state index contributed by atoms with van der Waals surface area (Å²) in [5.74, 6) is 1.93. The van der Waals surface area contributed by atoms with Crippen molar-refractivity contribution >= 4 is 0 Å². The molecule has 14 heavy (non-hydrogen) atoms. The summed E-state index contributed by atoms with van der Waals surface area (Å²) >= 11 is 0. The molecule has 2 rings (SSSR count). The topological polar surface area (TPSA) is 47.9 Å². The van der Waals surface area contributed by atoms with Crippen LogP contribution in [0.2, 0.25) is 0 Å². The number of aliphatic hydroxyl groups excluding tert-OH is 1. The zero-order chi connectivity index (χ0) is 10.1. The van der Waals surface area contributed by atoms with E-state index in [1.54, 1.807) is 26.2 Å². The Morgan fingerprint density at radius 2 is 2.00 bits per heavy atom. The summed E-state index contributed by atoms with van der Waals surface area (Å²) in [4.78, 5) is 0. The van der Waals surface area contributed by atoms with E-state index < -0.39 is 6.10 Å². The van der Waals surface area contributed by atoms with Crippen molar-refractivity contribution in [1.29, 1.82) is 0 Å². The molecule has 0 bridgehead atoms. The van der Waals surface area contributed by atoms with Crippen LogP contribution in [0, 0.1) is 0 Å². The normalized spacial score (nSPS) is 15.4. The average molecular weight is 196 g/mol. The smallest absolute Gasteiger partial charge is 0.231 e. The molecule has 1 atom stereocenters. The first-order valence-electron chi connectivity index (χ1n) is 4.38. The molecule has 0 saturated heterocycles. The number of methoxy groups -OCH3 is 1. The van der Waals surface area contributed by atoms with Crippen LogP contribution in [0.4, 0.5) is 0 Å². The predicted octanol–water partition coefficient (Wildman–Crippen LogP) is 1.48. The molecule has 1 unspecified atom stereocenters. The number of hydrogen-bond acceptors (Lipinski definition) is 4. The minimum Gasteiger partial charge on any atom is -0.496 e. The molecule has 1 N–H and O–H groups in total. The van der Waals surface area contributed by atoms with E-state index in [1.807, 2.05) is 0 Å². The number of rotatable bonds is 2. The van der Waals surface area contributed by atoms with Gasteiger partial charge in [0, 0.05) is 11.6 Å². The highest BCUT2D eigenvalue weighted by molar-refractivity contribution is 5.52. The first-order valence-corrected chi connectivity index (χ1v) is 4.38. The molecule has 0 amide bonds. The van der Waals surface area contributed by atoms with Gasteiger partial charge in [0.1, 0.15) is 5.75 Å². The molecule has 76 valence electrons. The van der Waals surface area contributed by atoms with E-state index in [2.05, 4.69) is 0 Å². The number of benzene rings is 1. The number of aliphatic hydroxyl groups is 1. The van der Waals surface area contributed by atoms with Crippen LogP contribution in [0.3, 0.4) is 0 Å². The highest BCUT2D eigenvalue weighted by atomic mass is 16.7. The molecule has 0 aliphatic carbocycles. The fourth-order valence-corrected chi connectivity index (χ4v) is 1.44. The molecule has 0 fully saturated rings. The first-order chi connectivity index (χ1) is 6.72. The minimum absolute atomic E-state index is 0.224. The second kappa shape index (κ2) is 3.38. The molecule has 1 aromatic rings. The van der Waals surface area contributed by atoms with E-state index in [0.717, 1.165) is 0 Å². The van der Waals surface area contributed by atoms with Gasteiger partial charge >= 0.3 is 0 Å². The number of fused-ring (bicyclic) bond motifs is 1. The highest BCUT2D eigenvalue weighted by Gasteiger charge is 2.19. The third-order valence-corrected chi connectivity index (χ3v) is 2.18. The van der Waals surface area contributed by atoms with Gasteiger partial charge in [-0.3, -0.25) is 0 Å². The van der Waals surface area contributed by atoms with Crippen LogP contribution in [0.1, 0.15) is 18.6 Å². The lowest BCUT2D eigenvalue weighted by Crippen LogP contribution is -1.96. The van der Waals surface area contributed by atoms with Crippen LogP contribution < -0.4 is 14.2 Å². The standard InChI is InChI=1S/C10H12O4/c1-6(11)7-3-9-10(14-5-13-9)4-8(7)12-2/h3-4,6,11H,5H2,1-2H3. The Balaban J connectivity index is 2.49. The van der Waals surface area contributed by atoms with Gasteiger partial charge in [0.15, 0.2) is 11.5 Å². The molecule has 1 aliphatic heterocycles. The molecular weight excluding hydrogens is 184 g/mol. The molecule has 0 radical (unpaired) electrons. The summed E-state index contributed by atoms with van der Waals surface area (Å²) in [5.41, 5.74) is 0.705. The van der Waals surface area contributed by atoms with Gasteiger partial charge in [-0.2, -0.15) is 0 Å². The number of hydrogen-bond donors (Lipinski definition) is 1. The van der Waals surface area contributed by atoms with Gasteiger partial charge in [0.05, 0.1) is 13.2 Å². The van der Waals surface area contributed by atoms with Crippen molar-refractivity contribution in [2.75, 3.05) is 13.9 Å². The molecule has 0 aromatic heterocycles. The van der Waals surface area contributed by atoms with Gasteiger partial charge < -0.3 is 19.3 Å². The fourth-order valence-electron chi connectivity index (χ4n) is 1.44. The lowest BCUT2D eigenvalue weighted by molar-refractivity contribution is 0.173. The Kier molecular flexibility index (Phi) is 2.21. The molecule has 4 heteroatoms. The third kappa shape index (κ3) is 1.37. The second-order valence-electron chi connectivity index (χ2n) is 3.12. The maximum atomic E-state index is 9.49. The Bertz CT molecular complexity index is 346. The number of ether oxygens (including phenoxy) is 3. The maximum absolute atomic E-state index is 9.49. The Morgan fingerprint density at radius 3 is 2.57 bits per heavy atom. The van der Waals surface area contributed by atoms with Crippen LogP contribution in [-0.2, 0) is 0 Å². The summed E-state index contributed by atoms with van der Waals surface area (Å²) in [5, 5.41) is 9.49. The summed E-state index contributed by atoms with van der Waals surface area (Å²) < 4.78 is 15.5. The van der Waals surface area contributed by atoms with E-state index in [4.69, 9.17) is 14.2 Å². The van der Waals surface area contributed by atoms with E-state index in [0.29, 0.717) is 22.8 Å². The van der Waals surface area contributed by atoms with Crippen LogP contribution in [0.5, 0.6) is 17.2 Å². The minimum atomic E-state index is -0.584. The van der Waals surface area contributed by atoms with Gasteiger partial charge in [-0.25, -0.2) is 0 Å². The highest BCUT2D eigenvalue weighted by Crippen LogP contribution is 2.40.